The normalized spacial score (nSPS) is 9.13. The number of ether oxygens (including phenoxy) is 1. The number of hydrogen-bond donors (Lipinski definition) is 0. The van der Waals surface area contributed by atoms with Gasteiger partial charge in [0.15, 0.2) is 5.78 Å². The van der Waals surface area contributed by atoms with E-state index in [2.05, 4.69) is 10.7 Å². The van der Waals surface area contributed by atoms with Crippen LogP contribution in [0.2, 0.25) is 0 Å². The molecule has 0 N–H and O–H groups in total. The van der Waals surface area contributed by atoms with Crippen molar-refractivity contribution in [3.8, 4) is 12.3 Å². The fourth-order valence-corrected chi connectivity index (χ4v) is 1.22. The molecular formula is C12H10O3. The van der Waals surface area contributed by atoms with Crippen LogP contribution in [0.5, 0.6) is 0 Å². The van der Waals surface area contributed by atoms with Crippen LogP contribution in [0.1, 0.15) is 33.2 Å². The van der Waals surface area contributed by atoms with Crippen LogP contribution in [0.4, 0.5) is 0 Å². The zero-order valence-corrected chi connectivity index (χ0v) is 8.53. The number of carbonyl (C=O) groups is 2. The van der Waals surface area contributed by atoms with E-state index in [4.69, 9.17) is 6.42 Å². The van der Waals surface area contributed by atoms with Gasteiger partial charge >= 0.3 is 5.97 Å². The molecule has 0 aromatic heterocycles. The lowest BCUT2D eigenvalue weighted by Gasteiger charge is -2.05. The topological polar surface area (TPSA) is 43.4 Å². The Morgan fingerprint density at radius 3 is 2.47 bits per heavy atom. The van der Waals surface area contributed by atoms with E-state index < -0.39 is 5.97 Å². The third-order valence-electron chi connectivity index (χ3n) is 1.97. The van der Waals surface area contributed by atoms with Crippen LogP contribution in [-0.2, 0) is 4.74 Å². The highest BCUT2D eigenvalue weighted by Crippen LogP contribution is 2.13. The number of Topliss-reactive ketones (excluding diaryl/α,β-unsaturated/α-hetero) is 1. The fraction of sp³-hybridized carbons (Fsp3) is 0.167. The molecule has 0 aliphatic carbocycles. The summed E-state index contributed by atoms with van der Waals surface area (Å²) in [6, 6.07) is 4.62. The van der Waals surface area contributed by atoms with Gasteiger partial charge in [-0.15, -0.1) is 6.42 Å². The van der Waals surface area contributed by atoms with Crippen molar-refractivity contribution in [1.29, 1.82) is 0 Å². The summed E-state index contributed by atoms with van der Waals surface area (Å²) >= 11 is 0. The van der Waals surface area contributed by atoms with E-state index >= 15 is 0 Å². The van der Waals surface area contributed by atoms with Gasteiger partial charge in [-0.2, -0.15) is 0 Å². The summed E-state index contributed by atoms with van der Waals surface area (Å²) in [5, 5.41) is 0. The van der Waals surface area contributed by atoms with Gasteiger partial charge in [-0.05, 0) is 25.1 Å². The Morgan fingerprint density at radius 2 is 2.00 bits per heavy atom. The first kappa shape index (κ1) is 11.0. The molecule has 0 radical (unpaired) electrons. The van der Waals surface area contributed by atoms with Crippen LogP contribution >= 0.6 is 0 Å². The van der Waals surface area contributed by atoms with Crippen molar-refractivity contribution in [2.24, 2.45) is 0 Å². The maximum absolute atomic E-state index is 11.4. The number of rotatable bonds is 2. The standard InChI is InChI=1S/C12H10O3/c1-4-9-5-6-10(8(2)13)11(7-9)12(14)15-3/h1,5-7H,2-3H3. The monoisotopic (exact) mass is 202 g/mol. The lowest BCUT2D eigenvalue weighted by molar-refractivity contribution is 0.0597. The minimum absolute atomic E-state index is 0.195. The van der Waals surface area contributed by atoms with Crippen molar-refractivity contribution in [3.63, 3.8) is 0 Å². The van der Waals surface area contributed by atoms with Gasteiger partial charge < -0.3 is 4.74 Å². The molecule has 0 amide bonds. The van der Waals surface area contributed by atoms with Gasteiger partial charge in [0, 0.05) is 11.1 Å². The minimum atomic E-state index is -0.558. The Hall–Kier alpha value is -2.08. The van der Waals surface area contributed by atoms with Crippen molar-refractivity contribution >= 4 is 11.8 Å². The summed E-state index contributed by atoms with van der Waals surface area (Å²) in [6.45, 7) is 1.39. The average molecular weight is 202 g/mol. The number of carbonyl (C=O) groups excluding carboxylic acids is 2. The molecule has 76 valence electrons. The third-order valence-corrected chi connectivity index (χ3v) is 1.97. The first-order chi connectivity index (χ1) is 7.10. The van der Waals surface area contributed by atoms with E-state index in [0.29, 0.717) is 11.1 Å². The van der Waals surface area contributed by atoms with Crippen LogP contribution in [-0.4, -0.2) is 18.9 Å². The predicted molar refractivity (Wildman–Crippen MR) is 55.7 cm³/mol. The zero-order chi connectivity index (χ0) is 11.4. The molecule has 1 rings (SSSR count). The quantitative estimate of drug-likeness (QED) is 0.416. The summed E-state index contributed by atoms with van der Waals surface area (Å²) in [5.41, 5.74) is 1.07. The van der Waals surface area contributed by atoms with E-state index in [0.717, 1.165) is 0 Å². The third kappa shape index (κ3) is 2.23. The highest BCUT2D eigenvalue weighted by molar-refractivity contribution is 6.05. The summed E-state index contributed by atoms with van der Waals surface area (Å²) < 4.78 is 4.57. The number of ketones is 1. The Kier molecular flexibility index (Phi) is 3.25. The fourth-order valence-electron chi connectivity index (χ4n) is 1.22. The highest BCUT2D eigenvalue weighted by atomic mass is 16.5. The minimum Gasteiger partial charge on any atom is -0.465 e. The molecule has 0 aliphatic rings. The molecule has 0 unspecified atom stereocenters. The Morgan fingerprint density at radius 1 is 1.33 bits per heavy atom. The van der Waals surface area contributed by atoms with Crippen LogP contribution in [0, 0.1) is 12.3 Å². The van der Waals surface area contributed by atoms with E-state index in [-0.39, 0.29) is 11.3 Å². The number of methoxy groups -OCH3 is 1. The Labute approximate surface area is 88.1 Å². The van der Waals surface area contributed by atoms with Crippen molar-refractivity contribution in [3.05, 3.63) is 34.9 Å². The van der Waals surface area contributed by atoms with Crippen LogP contribution in [0.3, 0.4) is 0 Å². The molecule has 15 heavy (non-hydrogen) atoms. The Bertz CT molecular complexity index is 452. The van der Waals surface area contributed by atoms with Crippen molar-refractivity contribution in [2.45, 2.75) is 6.92 Å². The van der Waals surface area contributed by atoms with Gasteiger partial charge in [0.2, 0.25) is 0 Å². The smallest absolute Gasteiger partial charge is 0.338 e. The molecule has 3 nitrogen and oxygen atoms in total. The summed E-state index contributed by atoms with van der Waals surface area (Å²) in [5.74, 6) is 1.64. The lowest BCUT2D eigenvalue weighted by Crippen LogP contribution is -2.08. The summed E-state index contributed by atoms with van der Waals surface area (Å²) in [6.07, 6.45) is 5.20. The molecule has 0 saturated carbocycles. The molecule has 0 saturated heterocycles. The van der Waals surface area contributed by atoms with Gasteiger partial charge in [-0.25, -0.2) is 4.79 Å². The number of terminal acetylenes is 1. The van der Waals surface area contributed by atoms with Gasteiger partial charge in [-0.3, -0.25) is 4.79 Å². The molecule has 0 spiro atoms. The summed E-state index contributed by atoms with van der Waals surface area (Å²) in [7, 11) is 1.26. The maximum atomic E-state index is 11.4. The van der Waals surface area contributed by atoms with E-state index in [1.807, 2.05) is 0 Å². The molecule has 3 heteroatoms. The molecule has 0 atom stereocenters. The van der Waals surface area contributed by atoms with Crippen LogP contribution in [0.15, 0.2) is 18.2 Å². The number of esters is 1. The second-order valence-electron chi connectivity index (χ2n) is 2.95. The SMILES string of the molecule is C#Cc1ccc(C(C)=O)c(C(=O)OC)c1. The molecule has 0 fully saturated rings. The first-order valence-electron chi connectivity index (χ1n) is 4.30. The van der Waals surface area contributed by atoms with Crippen molar-refractivity contribution < 1.29 is 14.3 Å². The zero-order valence-electron chi connectivity index (χ0n) is 8.53. The first-order valence-corrected chi connectivity index (χ1v) is 4.30. The Balaban J connectivity index is 3.36. The predicted octanol–water partition coefficient (Wildman–Crippen LogP) is 1.66. The van der Waals surface area contributed by atoms with E-state index in [9.17, 15) is 9.59 Å². The van der Waals surface area contributed by atoms with Crippen molar-refractivity contribution in [1.82, 2.24) is 0 Å². The number of benzene rings is 1. The number of hydrogen-bond acceptors (Lipinski definition) is 3. The maximum Gasteiger partial charge on any atom is 0.338 e. The summed E-state index contributed by atoms with van der Waals surface area (Å²) in [4.78, 5) is 22.6. The van der Waals surface area contributed by atoms with Crippen LogP contribution in [0.25, 0.3) is 0 Å². The molecule has 0 aliphatic heterocycles. The molecule has 0 bridgehead atoms. The van der Waals surface area contributed by atoms with E-state index in [1.54, 1.807) is 6.07 Å². The largest absolute Gasteiger partial charge is 0.465 e. The van der Waals surface area contributed by atoms with Crippen LogP contribution < -0.4 is 0 Å². The lowest BCUT2D eigenvalue weighted by atomic mass is 10.0. The van der Waals surface area contributed by atoms with Crippen molar-refractivity contribution in [2.75, 3.05) is 7.11 Å². The molecule has 1 aromatic rings. The van der Waals surface area contributed by atoms with E-state index in [1.165, 1.54) is 26.2 Å². The van der Waals surface area contributed by atoms with Gasteiger partial charge in [0.25, 0.3) is 0 Å². The molecular weight excluding hydrogens is 192 g/mol. The van der Waals surface area contributed by atoms with Gasteiger partial charge in [-0.1, -0.05) is 5.92 Å². The second-order valence-corrected chi connectivity index (χ2v) is 2.95. The average Bonchev–Trinajstić information content (AvgIpc) is 2.26. The van der Waals surface area contributed by atoms with Gasteiger partial charge in [0.05, 0.1) is 12.7 Å². The van der Waals surface area contributed by atoms with Gasteiger partial charge in [0.1, 0.15) is 0 Å². The highest BCUT2D eigenvalue weighted by Gasteiger charge is 2.14. The molecule has 0 heterocycles. The second kappa shape index (κ2) is 4.43. The molecule has 1 aromatic carbocycles.